The van der Waals surface area contributed by atoms with Gasteiger partial charge in [0, 0.05) is 35.3 Å². The van der Waals surface area contributed by atoms with Crippen LogP contribution in [-0.2, 0) is 16.3 Å². The molecule has 0 saturated heterocycles. The van der Waals surface area contributed by atoms with Crippen molar-refractivity contribution >= 4 is 58.9 Å². The molecule has 1 unspecified atom stereocenters. The van der Waals surface area contributed by atoms with Gasteiger partial charge in [-0.3, -0.25) is 0 Å². The first-order valence-corrected chi connectivity index (χ1v) is 8.40. The van der Waals surface area contributed by atoms with E-state index in [4.69, 9.17) is 16.3 Å². The van der Waals surface area contributed by atoms with Gasteiger partial charge in [-0.05, 0) is 12.8 Å². The van der Waals surface area contributed by atoms with Crippen molar-refractivity contribution in [3.05, 3.63) is 0 Å². The SMILES string of the molecule is CCCCO[P+](=S)SCCCC.[Na]. The third-order valence-electron chi connectivity index (χ3n) is 1.39. The molecule has 0 N–H and O–H groups in total. The molecule has 0 aliphatic rings. The van der Waals surface area contributed by atoms with E-state index in [-0.39, 0.29) is 29.6 Å². The minimum atomic E-state index is -0.604. The minimum absolute atomic E-state index is 0. The predicted octanol–water partition coefficient (Wildman–Crippen LogP) is 3.73. The summed E-state index contributed by atoms with van der Waals surface area (Å²) < 4.78 is 5.47. The maximum absolute atomic E-state index is 5.47. The molecule has 1 nitrogen and oxygen atoms in total. The molecule has 0 aromatic carbocycles. The van der Waals surface area contributed by atoms with Crippen LogP contribution in [-0.4, -0.2) is 41.9 Å². The van der Waals surface area contributed by atoms with Crippen molar-refractivity contribution in [2.24, 2.45) is 0 Å². The smallest absolute Gasteiger partial charge is 0.158 e. The van der Waals surface area contributed by atoms with Crippen molar-refractivity contribution in [1.29, 1.82) is 0 Å². The van der Waals surface area contributed by atoms with Crippen molar-refractivity contribution < 1.29 is 4.52 Å². The summed E-state index contributed by atoms with van der Waals surface area (Å²) in [5.74, 6) is 1.16. The van der Waals surface area contributed by atoms with Gasteiger partial charge in [-0.1, -0.05) is 26.7 Å². The van der Waals surface area contributed by atoms with Gasteiger partial charge in [-0.25, -0.2) is 0 Å². The maximum atomic E-state index is 5.47. The Morgan fingerprint density at radius 1 is 1.23 bits per heavy atom. The van der Waals surface area contributed by atoms with E-state index in [1.165, 1.54) is 19.3 Å². The zero-order valence-corrected chi connectivity index (χ0v) is 13.4. The van der Waals surface area contributed by atoms with Crippen LogP contribution in [0.1, 0.15) is 39.5 Å². The number of rotatable bonds is 8. The van der Waals surface area contributed by atoms with Crippen molar-refractivity contribution in [2.45, 2.75) is 39.5 Å². The van der Waals surface area contributed by atoms with E-state index in [2.05, 4.69) is 13.8 Å². The van der Waals surface area contributed by atoms with Gasteiger partial charge in [0.1, 0.15) is 18.0 Å². The molecule has 0 aliphatic heterocycles. The standard InChI is InChI=1S/C8H18OPS2.Na/c1-3-5-7-9-10(11)12-8-6-4-2;/h3-8H2,1-2H3;/q+1;. The maximum Gasteiger partial charge on any atom is 0.414 e. The first kappa shape index (κ1) is 17.2. The molecular weight excluding hydrogens is 230 g/mol. The van der Waals surface area contributed by atoms with Crippen molar-refractivity contribution in [3.8, 4) is 0 Å². The molecule has 0 amide bonds. The van der Waals surface area contributed by atoms with Crippen molar-refractivity contribution in [3.63, 3.8) is 0 Å². The van der Waals surface area contributed by atoms with E-state index < -0.39 is 6.13 Å². The van der Waals surface area contributed by atoms with Crippen LogP contribution in [0.5, 0.6) is 0 Å². The van der Waals surface area contributed by atoms with E-state index in [9.17, 15) is 0 Å². The van der Waals surface area contributed by atoms with E-state index >= 15 is 0 Å². The number of hydrogen-bond acceptors (Lipinski definition) is 3. The van der Waals surface area contributed by atoms with Gasteiger partial charge in [-0.2, -0.15) is 4.52 Å². The molecule has 0 aromatic rings. The van der Waals surface area contributed by atoms with Crippen LogP contribution in [0.3, 0.4) is 0 Å². The summed E-state index contributed by atoms with van der Waals surface area (Å²) in [5.41, 5.74) is 0. The van der Waals surface area contributed by atoms with Crippen molar-refractivity contribution in [2.75, 3.05) is 12.4 Å². The molecule has 13 heavy (non-hydrogen) atoms. The third-order valence-corrected chi connectivity index (χ3v) is 5.23. The Morgan fingerprint density at radius 3 is 2.38 bits per heavy atom. The number of hydrogen-bond donors (Lipinski definition) is 0. The fraction of sp³-hybridized carbons (Fsp3) is 1.00. The first-order valence-electron chi connectivity index (χ1n) is 4.54. The van der Waals surface area contributed by atoms with Crippen LogP contribution in [0.15, 0.2) is 0 Å². The normalized spacial score (nSPS) is 10.8. The molecule has 5 heteroatoms. The average Bonchev–Trinajstić information content (AvgIpc) is 2.06. The fourth-order valence-corrected chi connectivity index (χ4v) is 3.70. The Balaban J connectivity index is 0. The molecule has 0 spiro atoms. The molecule has 0 fully saturated rings. The van der Waals surface area contributed by atoms with E-state index in [0.29, 0.717) is 0 Å². The molecule has 0 saturated carbocycles. The van der Waals surface area contributed by atoms with Gasteiger partial charge in [0.05, 0.1) is 0 Å². The summed E-state index contributed by atoms with van der Waals surface area (Å²) in [7, 11) is 0. The van der Waals surface area contributed by atoms with E-state index in [1.807, 2.05) is 11.4 Å². The Hall–Kier alpha value is 1.83. The van der Waals surface area contributed by atoms with Gasteiger partial charge < -0.3 is 0 Å². The zero-order chi connectivity index (χ0) is 9.23. The largest absolute Gasteiger partial charge is 0.414 e. The molecule has 0 rings (SSSR count). The van der Waals surface area contributed by atoms with Gasteiger partial charge in [0.15, 0.2) is 0 Å². The topological polar surface area (TPSA) is 9.23 Å². The quantitative estimate of drug-likeness (QED) is 0.368. The molecular formula is C8H18NaOPS2+. The summed E-state index contributed by atoms with van der Waals surface area (Å²) in [6, 6.07) is 0. The fourth-order valence-electron chi connectivity index (χ4n) is 0.604. The van der Waals surface area contributed by atoms with Crippen LogP contribution >= 0.6 is 17.5 Å². The van der Waals surface area contributed by atoms with Crippen LogP contribution < -0.4 is 0 Å². The summed E-state index contributed by atoms with van der Waals surface area (Å²) in [6.45, 7) is 5.22. The second-order valence-electron chi connectivity index (χ2n) is 2.60. The van der Waals surface area contributed by atoms with Crippen LogP contribution in [0, 0.1) is 0 Å². The Bertz CT molecular complexity index is 113. The summed E-state index contributed by atoms with van der Waals surface area (Å²) in [6.07, 6.45) is 4.24. The van der Waals surface area contributed by atoms with Crippen molar-refractivity contribution in [1.82, 2.24) is 0 Å². The van der Waals surface area contributed by atoms with Crippen LogP contribution in [0.25, 0.3) is 0 Å². The summed E-state index contributed by atoms with van der Waals surface area (Å²) in [5, 5.41) is 0. The molecule has 73 valence electrons. The summed E-state index contributed by atoms with van der Waals surface area (Å²) >= 11 is 6.98. The molecule has 1 atom stereocenters. The van der Waals surface area contributed by atoms with Gasteiger partial charge in [0.2, 0.25) is 11.8 Å². The Labute approximate surface area is 114 Å². The second-order valence-corrected chi connectivity index (χ2v) is 7.43. The van der Waals surface area contributed by atoms with Crippen LogP contribution in [0.4, 0.5) is 0 Å². The monoisotopic (exact) mass is 248 g/mol. The minimum Gasteiger partial charge on any atom is -0.158 e. The van der Waals surface area contributed by atoms with E-state index in [1.54, 1.807) is 0 Å². The van der Waals surface area contributed by atoms with Gasteiger partial charge in [-0.15, -0.1) is 0 Å². The number of unbranched alkanes of at least 4 members (excludes halogenated alkanes) is 2. The predicted molar refractivity (Wildman–Crippen MR) is 68.3 cm³/mol. The second kappa shape index (κ2) is 13.8. The molecule has 0 bridgehead atoms. The first-order chi connectivity index (χ1) is 5.81. The molecule has 1 radical (unpaired) electrons. The van der Waals surface area contributed by atoms with Gasteiger partial charge >= 0.3 is 6.13 Å². The molecule has 0 aliphatic carbocycles. The Kier molecular flexibility index (Phi) is 18.3. The average molecular weight is 248 g/mol. The third kappa shape index (κ3) is 13.8. The molecule has 0 aromatic heterocycles. The van der Waals surface area contributed by atoms with Crippen LogP contribution in [0.2, 0.25) is 0 Å². The summed E-state index contributed by atoms with van der Waals surface area (Å²) in [4.78, 5) is 0. The zero-order valence-electron chi connectivity index (χ0n) is 8.91. The Morgan fingerprint density at radius 2 is 1.85 bits per heavy atom. The molecule has 0 heterocycles. The van der Waals surface area contributed by atoms with Gasteiger partial charge in [0.25, 0.3) is 0 Å². The van der Waals surface area contributed by atoms with E-state index in [0.717, 1.165) is 18.8 Å².